The van der Waals surface area contributed by atoms with E-state index in [1.807, 2.05) is 37.3 Å². The first-order chi connectivity index (χ1) is 12.0. The van der Waals surface area contributed by atoms with Gasteiger partial charge in [-0.2, -0.15) is 0 Å². The lowest BCUT2D eigenvalue weighted by molar-refractivity contribution is -0.121. The Hall–Kier alpha value is -2.54. The van der Waals surface area contributed by atoms with Crippen molar-refractivity contribution in [1.82, 2.24) is 9.88 Å². The van der Waals surface area contributed by atoms with E-state index < -0.39 is 5.76 Å². The molecule has 3 aromatic rings. The second-order valence-electron chi connectivity index (χ2n) is 5.60. The van der Waals surface area contributed by atoms with Crippen LogP contribution in [-0.4, -0.2) is 17.6 Å². The highest BCUT2D eigenvalue weighted by Gasteiger charge is 2.15. The number of aromatic nitrogens is 1. The highest BCUT2D eigenvalue weighted by Crippen LogP contribution is 2.25. The Morgan fingerprint density at radius 3 is 2.64 bits per heavy atom. The molecular weight excluding hydrogens is 388 g/mol. The van der Waals surface area contributed by atoms with Gasteiger partial charge in [0, 0.05) is 11.0 Å². The van der Waals surface area contributed by atoms with Gasteiger partial charge in [0.05, 0.1) is 12.6 Å². The molecule has 2 aromatic carbocycles. The fourth-order valence-corrected chi connectivity index (χ4v) is 2.92. The SMILES string of the molecule is COc1ccc(CNC(=O)Cn2c(=O)oc3ccc(Br)c(C)c32)cc1. The number of nitrogens with one attached hydrogen (secondary N) is 1. The van der Waals surface area contributed by atoms with E-state index in [0.717, 1.165) is 21.3 Å². The Labute approximate surface area is 152 Å². The number of rotatable bonds is 5. The van der Waals surface area contributed by atoms with E-state index in [4.69, 9.17) is 9.15 Å². The Balaban J connectivity index is 1.74. The zero-order valence-corrected chi connectivity index (χ0v) is 15.4. The Morgan fingerprint density at radius 1 is 1.24 bits per heavy atom. The summed E-state index contributed by atoms with van der Waals surface area (Å²) in [6.45, 7) is 2.14. The summed E-state index contributed by atoms with van der Waals surface area (Å²) in [5.41, 5.74) is 2.89. The number of carbonyl (C=O) groups excluding carboxylic acids is 1. The molecule has 0 radical (unpaired) electrons. The highest BCUT2D eigenvalue weighted by atomic mass is 79.9. The van der Waals surface area contributed by atoms with Gasteiger partial charge in [0.1, 0.15) is 12.3 Å². The van der Waals surface area contributed by atoms with Gasteiger partial charge in [0.2, 0.25) is 5.91 Å². The quantitative estimate of drug-likeness (QED) is 0.709. The fourth-order valence-electron chi connectivity index (χ4n) is 2.60. The number of fused-ring (bicyclic) bond motifs is 1. The van der Waals surface area contributed by atoms with Gasteiger partial charge < -0.3 is 14.5 Å². The standard InChI is InChI=1S/C18H17BrN2O4/c1-11-14(19)7-8-15-17(11)21(18(23)25-15)10-16(22)20-9-12-3-5-13(24-2)6-4-12/h3-8H,9-10H2,1-2H3,(H,20,22). The van der Waals surface area contributed by atoms with Crippen molar-refractivity contribution in [2.45, 2.75) is 20.0 Å². The van der Waals surface area contributed by atoms with Crippen LogP contribution in [0.2, 0.25) is 0 Å². The molecule has 1 amide bonds. The maximum absolute atomic E-state index is 12.3. The van der Waals surface area contributed by atoms with Crippen LogP contribution in [0.25, 0.3) is 11.1 Å². The summed E-state index contributed by atoms with van der Waals surface area (Å²) in [5, 5.41) is 2.81. The summed E-state index contributed by atoms with van der Waals surface area (Å²) in [6, 6.07) is 10.9. The minimum absolute atomic E-state index is 0.0979. The Morgan fingerprint density at radius 2 is 1.96 bits per heavy atom. The van der Waals surface area contributed by atoms with Gasteiger partial charge in [0.25, 0.3) is 0 Å². The van der Waals surface area contributed by atoms with Crippen LogP contribution in [-0.2, 0) is 17.9 Å². The monoisotopic (exact) mass is 404 g/mol. The van der Waals surface area contributed by atoms with Crippen molar-refractivity contribution in [1.29, 1.82) is 0 Å². The minimum atomic E-state index is -0.546. The van der Waals surface area contributed by atoms with Gasteiger partial charge in [0.15, 0.2) is 5.58 Å². The number of ether oxygens (including phenoxy) is 1. The molecule has 0 bridgehead atoms. The van der Waals surface area contributed by atoms with E-state index >= 15 is 0 Å². The summed E-state index contributed by atoms with van der Waals surface area (Å²) in [5.74, 6) is -0.0525. The molecule has 0 aliphatic heterocycles. The summed E-state index contributed by atoms with van der Waals surface area (Å²) in [6.07, 6.45) is 0. The van der Waals surface area contributed by atoms with E-state index in [1.54, 1.807) is 13.2 Å². The summed E-state index contributed by atoms with van der Waals surface area (Å²) in [4.78, 5) is 24.3. The molecule has 1 N–H and O–H groups in total. The number of hydrogen-bond acceptors (Lipinski definition) is 4. The van der Waals surface area contributed by atoms with Gasteiger partial charge in [-0.05, 0) is 42.3 Å². The predicted octanol–water partition coefficient (Wildman–Crippen LogP) is 2.99. The molecule has 7 heteroatoms. The van der Waals surface area contributed by atoms with Crippen molar-refractivity contribution >= 4 is 32.9 Å². The molecule has 0 aliphatic carbocycles. The smallest absolute Gasteiger partial charge is 0.420 e. The number of amides is 1. The molecule has 0 saturated heterocycles. The molecular formula is C18H17BrN2O4. The maximum Gasteiger partial charge on any atom is 0.420 e. The van der Waals surface area contributed by atoms with Crippen molar-refractivity contribution in [2.24, 2.45) is 0 Å². The van der Waals surface area contributed by atoms with Gasteiger partial charge in [-0.25, -0.2) is 4.79 Å². The first-order valence-electron chi connectivity index (χ1n) is 7.67. The lowest BCUT2D eigenvalue weighted by Crippen LogP contribution is -2.30. The fraction of sp³-hybridized carbons (Fsp3) is 0.222. The number of halogens is 1. The van der Waals surface area contributed by atoms with Crippen molar-refractivity contribution in [3.05, 3.63) is 62.5 Å². The summed E-state index contributed by atoms with van der Waals surface area (Å²) < 4.78 is 12.5. The number of methoxy groups -OCH3 is 1. The van der Waals surface area contributed by atoms with Crippen molar-refractivity contribution < 1.29 is 13.9 Å². The van der Waals surface area contributed by atoms with E-state index in [2.05, 4.69) is 21.2 Å². The van der Waals surface area contributed by atoms with Crippen molar-refractivity contribution in [2.75, 3.05) is 7.11 Å². The van der Waals surface area contributed by atoms with E-state index in [9.17, 15) is 9.59 Å². The van der Waals surface area contributed by atoms with Gasteiger partial charge in [-0.3, -0.25) is 9.36 Å². The average Bonchev–Trinajstić information content (AvgIpc) is 2.93. The van der Waals surface area contributed by atoms with Crippen LogP contribution in [0.4, 0.5) is 0 Å². The van der Waals surface area contributed by atoms with Crippen LogP contribution >= 0.6 is 15.9 Å². The lowest BCUT2D eigenvalue weighted by Gasteiger charge is -2.08. The number of nitrogens with zero attached hydrogens (tertiary/aromatic N) is 1. The van der Waals surface area contributed by atoms with Crippen LogP contribution in [0.1, 0.15) is 11.1 Å². The molecule has 0 aliphatic rings. The van der Waals surface area contributed by atoms with Gasteiger partial charge in [-0.1, -0.05) is 28.1 Å². The van der Waals surface area contributed by atoms with E-state index in [0.29, 0.717) is 17.6 Å². The number of hydrogen-bond donors (Lipinski definition) is 1. The molecule has 1 aromatic heterocycles. The lowest BCUT2D eigenvalue weighted by atomic mass is 10.2. The molecule has 3 rings (SSSR count). The third-order valence-electron chi connectivity index (χ3n) is 3.97. The van der Waals surface area contributed by atoms with Gasteiger partial charge in [-0.15, -0.1) is 0 Å². The Bertz CT molecular complexity index is 973. The number of oxazole rings is 1. The molecule has 6 nitrogen and oxygen atoms in total. The predicted molar refractivity (Wildman–Crippen MR) is 97.8 cm³/mol. The van der Waals surface area contributed by atoms with Crippen molar-refractivity contribution in [3.8, 4) is 5.75 Å². The average molecular weight is 405 g/mol. The third-order valence-corrected chi connectivity index (χ3v) is 4.82. The topological polar surface area (TPSA) is 73.5 Å². The second-order valence-corrected chi connectivity index (χ2v) is 6.45. The Kier molecular flexibility index (Phi) is 4.94. The molecule has 0 spiro atoms. The van der Waals surface area contributed by atoms with E-state index in [1.165, 1.54) is 4.57 Å². The van der Waals surface area contributed by atoms with Crippen LogP contribution in [0.15, 0.2) is 50.1 Å². The molecule has 0 fully saturated rings. The summed E-state index contributed by atoms with van der Waals surface area (Å²) in [7, 11) is 1.60. The largest absolute Gasteiger partial charge is 0.497 e. The molecule has 130 valence electrons. The van der Waals surface area contributed by atoms with E-state index in [-0.39, 0.29) is 12.5 Å². The number of aryl methyl sites for hydroxylation is 1. The molecule has 25 heavy (non-hydrogen) atoms. The molecule has 1 heterocycles. The van der Waals surface area contributed by atoms with Gasteiger partial charge >= 0.3 is 5.76 Å². The zero-order chi connectivity index (χ0) is 18.0. The van der Waals surface area contributed by atoms with Crippen LogP contribution in [0.5, 0.6) is 5.75 Å². The molecule has 0 unspecified atom stereocenters. The normalized spacial score (nSPS) is 10.8. The number of carbonyl (C=O) groups is 1. The third kappa shape index (κ3) is 3.61. The van der Waals surface area contributed by atoms with Crippen LogP contribution in [0, 0.1) is 6.92 Å². The van der Waals surface area contributed by atoms with Crippen LogP contribution < -0.4 is 15.8 Å². The van der Waals surface area contributed by atoms with Crippen LogP contribution in [0.3, 0.4) is 0 Å². The second kappa shape index (κ2) is 7.14. The number of benzene rings is 2. The highest BCUT2D eigenvalue weighted by molar-refractivity contribution is 9.10. The molecule has 0 atom stereocenters. The maximum atomic E-state index is 12.3. The minimum Gasteiger partial charge on any atom is -0.497 e. The first-order valence-corrected chi connectivity index (χ1v) is 8.47. The summed E-state index contributed by atoms with van der Waals surface area (Å²) >= 11 is 3.43. The first kappa shape index (κ1) is 17.3. The zero-order valence-electron chi connectivity index (χ0n) is 13.8. The molecule has 0 saturated carbocycles. The van der Waals surface area contributed by atoms with Crippen molar-refractivity contribution in [3.63, 3.8) is 0 Å².